The average molecular weight is 416 g/mol. The second-order valence-corrected chi connectivity index (χ2v) is 7.49. The van der Waals surface area contributed by atoms with Crippen molar-refractivity contribution in [2.75, 3.05) is 23.7 Å². The minimum absolute atomic E-state index is 0.00164. The lowest BCUT2D eigenvalue weighted by molar-refractivity contribution is -0.126. The van der Waals surface area contributed by atoms with Crippen LogP contribution in [0.25, 0.3) is 11.1 Å². The van der Waals surface area contributed by atoms with E-state index in [4.69, 9.17) is 0 Å². The molecule has 1 amide bonds. The maximum absolute atomic E-state index is 11.7. The molecule has 31 heavy (non-hydrogen) atoms. The van der Waals surface area contributed by atoms with Gasteiger partial charge in [0.1, 0.15) is 5.82 Å². The molecule has 158 valence electrons. The first-order chi connectivity index (χ1) is 15.1. The molecule has 0 aliphatic carbocycles. The van der Waals surface area contributed by atoms with E-state index in [1.165, 1.54) is 6.08 Å². The monoisotopic (exact) mass is 415 g/mol. The zero-order valence-corrected chi connectivity index (χ0v) is 17.5. The van der Waals surface area contributed by atoms with Crippen LogP contribution in [0.4, 0.5) is 17.5 Å². The van der Waals surface area contributed by atoms with Gasteiger partial charge in [-0.05, 0) is 44.0 Å². The Kier molecular flexibility index (Phi) is 6.16. The van der Waals surface area contributed by atoms with Gasteiger partial charge in [0.25, 0.3) is 0 Å². The van der Waals surface area contributed by atoms with Crippen molar-refractivity contribution in [3.8, 4) is 11.1 Å². The second-order valence-electron chi connectivity index (χ2n) is 7.49. The molecule has 1 saturated heterocycles. The molecule has 0 bridgehead atoms. The number of hydrogen-bond donors (Lipinski definition) is 2. The van der Waals surface area contributed by atoms with Gasteiger partial charge in [0.2, 0.25) is 11.9 Å². The van der Waals surface area contributed by atoms with Crippen LogP contribution in [0.1, 0.15) is 18.5 Å². The number of amides is 1. The maximum atomic E-state index is 11.7. The van der Waals surface area contributed by atoms with E-state index in [2.05, 4.69) is 37.1 Å². The Morgan fingerprint density at radius 3 is 2.61 bits per heavy atom. The van der Waals surface area contributed by atoms with E-state index >= 15 is 0 Å². The lowest BCUT2D eigenvalue weighted by atomic mass is 10.0. The van der Waals surface area contributed by atoms with Crippen molar-refractivity contribution >= 4 is 23.4 Å². The van der Waals surface area contributed by atoms with Crippen molar-refractivity contribution in [3.63, 3.8) is 0 Å². The van der Waals surface area contributed by atoms with Crippen LogP contribution < -0.4 is 10.6 Å². The fraction of sp³-hybridized carbons (Fsp3) is 0.261. The smallest absolute Gasteiger partial charge is 0.245 e. The predicted molar refractivity (Wildman–Crippen MR) is 121 cm³/mol. The average Bonchev–Trinajstić information content (AvgIpc) is 2.80. The van der Waals surface area contributed by atoms with Crippen molar-refractivity contribution in [3.05, 3.63) is 67.4 Å². The van der Waals surface area contributed by atoms with Gasteiger partial charge in [-0.25, -0.2) is 15.0 Å². The number of carbonyl (C=O) groups excluding carboxylic acids is 1. The Hall–Kier alpha value is -3.81. The van der Waals surface area contributed by atoms with Crippen molar-refractivity contribution in [1.82, 2.24) is 24.8 Å². The molecule has 0 radical (unpaired) electrons. The van der Waals surface area contributed by atoms with Gasteiger partial charge in [0, 0.05) is 60.7 Å². The van der Waals surface area contributed by atoms with Crippen LogP contribution in [0.2, 0.25) is 0 Å². The minimum atomic E-state index is -0.00164. The highest BCUT2D eigenvalue weighted by Crippen LogP contribution is 2.23. The summed E-state index contributed by atoms with van der Waals surface area (Å²) in [5, 5.41) is 6.64. The van der Waals surface area contributed by atoms with Gasteiger partial charge in [0.15, 0.2) is 0 Å². The summed E-state index contributed by atoms with van der Waals surface area (Å²) in [6.07, 6.45) is 10.3. The summed E-state index contributed by atoms with van der Waals surface area (Å²) in [6.45, 7) is 6.96. The van der Waals surface area contributed by atoms with E-state index in [0.717, 1.165) is 48.4 Å². The normalized spacial score (nSPS) is 14.2. The summed E-state index contributed by atoms with van der Waals surface area (Å²) < 4.78 is 0. The summed E-state index contributed by atoms with van der Waals surface area (Å²) in [5.74, 6) is 1.20. The Balaban J connectivity index is 1.39. The lowest BCUT2D eigenvalue weighted by Gasteiger charge is -2.32. The minimum Gasteiger partial charge on any atom is -0.381 e. The van der Waals surface area contributed by atoms with Crippen LogP contribution in [0.15, 0.2) is 61.7 Å². The Morgan fingerprint density at radius 1 is 1.13 bits per heavy atom. The van der Waals surface area contributed by atoms with Crippen molar-refractivity contribution < 1.29 is 4.79 Å². The zero-order valence-electron chi connectivity index (χ0n) is 17.5. The summed E-state index contributed by atoms with van der Waals surface area (Å²) >= 11 is 0. The number of nitrogens with one attached hydrogen (secondary N) is 2. The molecule has 1 fully saturated rings. The summed E-state index contributed by atoms with van der Waals surface area (Å²) in [5.41, 5.74) is 3.68. The first-order valence-electron chi connectivity index (χ1n) is 10.3. The van der Waals surface area contributed by atoms with Gasteiger partial charge < -0.3 is 15.5 Å². The van der Waals surface area contributed by atoms with E-state index in [1.54, 1.807) is 18.6 Å². The highest BCUT2D eigenvalue weighted by molar-refractivity contribution is 5.87. The van der Waals surface area contributed by atoms with E-state index in [-0.39, 0.29) is 5.91 Å². The van der Waals surface area contributed by atoms with Crippen LogP contribution in [0, 0.1) is 6.92 Å². The molecule has 1 aliphatic heterocycles. The molecule has 3 aromatic heterocycles. The number of aromatic nitrogens is 4. The molecule has 0 unspecified atom stereocenters. The number of aryl methyl sites for hydroxylation is 1. The zero-order chi connectivity index (χ0) is 21.6. The fourth-order valence-corrected chi connectivity index (χ4v) is 3.55. The number of pyridine rings is 2. The quantitative estimate of drug-likeness (QED) is 0.594. The molecular formula is C23H25N7O. The van der Waals surface area contributed by atoms with Crippen LogP contribution in [-0.2, 0) is 4.79 Å². The summed E-state index contributed by atoms with van der Waals surface area (Å²) in [6, 6.07) is 8.09. The molecule has 2 N–H and O–H groups in total. The molecule has 0 aromatic carbocycles. The van der Waals surface area contributed by atoms with E-state index < -0.39 is 0 Å². The first-order valence-corrected chi connectivity index (χ1v) is 10.3. The highest BCUT2D eigenvalue weighted by atomic mass is 16.2. The third kappa shape index (κ3) is 5.22. The molecule has 3 aromatic rings. The molecule has 8 nitrogen and oxygen atoms in total. The van der Waals surface area contributed by atoms with Crippen LogP contribution in [-0.4, -0.2) is 49.9 Å². The standard InChI is InChI=1S/C23H25N7O/c1-3-22(31)30-9-7-19(8-10-30)28-20-11-17(12-24-15-20)18-13-25-23(26-14-18)29-21-6-4-5-16(2)27-21/h3-6,11-15,19,28H,1,7-10H2,2H3,(H,25,26,27,29). The molecule has 4 heterocycles. The second kappa shape index (κ2) is 9.34. The summed E-state index contributed by atoms with van der Waals surface area (Å²) in [4.78, 5) is 31.1. The number of hydrogen-bond acceptors (Lipinski definition) is 7. The number of likely N-dealkylation sites (tertiary alicyclic amines) is 1. The molecule has 4 rings (SSSR count). The number of anilines is 3. The van der Waals surface area contributed by atoms with Crippen LogP contribution in [0.5, 0.6) is 0 Å². The topological polar surface area (TPSA) is 95.9 Å². The number of nitrogens with zero attached hydrogens (tertiary/aromatic N) is 5. The molecular weight excluding hydrogens is 390 g/mol. The molecule has 0 spiro atoms. The van der Waals surface area contributed by atoms with Gasteiger partial charge >= 0.3 is 0 Å². The lowest BCUT2D eigenvalue weighted by Crippen LogP contribution is -2.41. The van der Waals surface area contributed by atoms with Crippen molar-refractivity contribution in [2.24, 2.45) is 0 Å². The van der Waals surface area contributed by atoms with Gasteiger partial charge in [-0.2, -0.15) is 0 Å². The van der Waals surface area contributed by atoms with Gasteiger partial charge in [-0.1, -0.05) is 12.6 Å². The van der Waals surface area contributed by atoms with Gasteiger partial charge in [-0.3, -0.25) is 9.78 Å². The van der Waals surface area contributed by atoms with E-state index in [1.807, 2.05) is 42.3 Å². The fourth-order valence-electron chi connectivity index (χ4n) is 3.55. The summed E-state index contributed by atoms with van der Waals surface area (Å²) in [7, 11) is 0. The SMILES string of the molecule is C=CC(=O)N1CCC(Nc2cncc(-c3cnc(Nc4cccc(C)n4)nc3)c2)CC1. The Labute approximate surface area is 181 Å². The number of carbonyl (C=O) groups is 1. The predicted octanol–water partition coefficient (Wildman–Crippen LogP) is 3.57. The Bertz CT molecular complexity index is 1060. The highest BCUT2D eigenvalue weighted by Gasteiger charge is 2.21. The molecule has 8 heteroatoms. The molecule has 0 atom stereocenters. The third-order valence-electron chi connectivity index (χ3n) is 5.20. The van der Waals surface area contributed by atoms with Crippen molar-refractivity contribution in [1.29, 1.82) is 0 Å². The third-order valence-corrected chi connectivity index (χ3v) is 5.20. The van der Waals surface area contributed by atoms with Crippen LogP contribution in [0.3, 0.4) is 0 Å². The Morgan fingerprint density at radius 2 is 1.90 bits per heavy atom. The number of piperidine rings is 1. The van der Waals surface area contributed by atoms with Crippen LogP contribution >= 0.6 is 0 Å². The van der Waals surface area contributed by atoms with Crippen molar-refractivity contribution in [2.45, 2.75) is 25.8 Å². The first kappa shape index (κ1) is 20.5. The maximum Gasteiger partial charge on any atom is 0.245 e. The molecule has 0 saturated carbocycles. The molecule has 1 aliphatic rings. The largest absolute Gasteiger partial charge is 0.381 e. The number of rotatable bonds is 6. The van der Waals surface area contributed by atoms with E-state index in [9.17, 15) is 4.79 Å². The van der Waals surface area contributed by atoms with Gasteiger partial charge in [-0.15, -0.1) is 0 Å². The van der Waals surface area contributed by atoms with E-state index in [0.29, 0.717) is 17.8 Å². The van der Waals surface area contributed by atoms with Gasteiger partial charge in [0.05, 0.1) is 5.69 Å².